The fourth-order valence-corrected chi connectivity index (χ4v) is 2.54. The van der Waals surface area contributed by atoms with Crippen molar-refractivity contribution in [2.75, 3.05) is 0 Å². The summed E-state index contributed by atoms with van der Waals surface area (Å²) in [5, 5.41) is 0. The van der Waals surface area contributed by atoms with E-state index in [2.05, 4.69) is 31.2 Å². The minimum absolute atomic E-state index is 0.185. The number of benzene rings is 1. The van der Waals surface area contributed by atoms with Crippen molar-refractivity contribution in [3.05, 3.63) is 35.4 Å². The lowest BCUT2D eigenvalue weighted by atomic mass is 9.83. The molecule has 1 nitrogen and oxygen atoms in total. The molecule has 1 saturated carbocycles. The van der Waals surface area contributed by atoms with Crippen LogP contribution in [0.25, 0.3) is 0 Å². The van der Waals surface area contributed by atoms with Crippen molar-refractivity contribution in [2.45, 2.75) is 51.4 Å². The molecule has 2 rings (SSSR count). The van der Waals surface area contributed by atoms with Crippen LogP contribution in [0.1, 0.15) is 56.1 Å². The molecule has 16 heavy (non-hydrogen) atoms. The molecule has 0 amide bonds. The molecule has 86 valence electrons. The maximum absolute atomic E-state index is 11.8. The van der Waals surface area contributed by atoms with Gasteiger partial charge in [-0.3, -0.25) is 4.79 Å². The normalized spacial score (nSPS) is 21.1. The van der Waals surface area contributed by atoms with E-state index >= 15 is 0 Å². The van der Waals surface area contributed by atoms with Crippen molar-refractivity contribution in [3.63, 3.8) is 0 Å². The SMILES string of the molecule is CCCc1ccc(C2CCCCC2=O)cc1. The number of carbonyl (C=O) groups excluding carboxylic acids is 1. The number of hydrogen-bond acceptors (Lipinski definition) is 1. The van der Waals surface area contributed by atoms with Gasteiger partial charge in [0.2, 0.25) is 0 Å². The molecule has 1 aliphatic carbocycles. The summed E-state index contributed by atoms with van der Waals surface area (Å²) >= 11 is 0. The molecule has 1 heteroatoms. The molecule has 0 aromatic heterocycles. The van der Waals surface area contributed by atoms with Gasteiger partial charge >= 0.3 is 0 Å². The molecule has 0 aliphatic heterocycles. The molecule has 0 spiro atoms. The average Bonchev–Trinajstić information content (AvgIpc) is 2.31. The van der Waals surface area contributed by atoms with Crippen LogP contribution in [0.5, 0.6) is 0 Å². The van der Waals surface area contributed by atoms with Crippen molar-refractivity contribution >= 4 is 5.78 Å². The van der Waals surface area contributed by atoms with Crippen LogP contribution in [0.15, 0.2) is 24.3 Å². The zero-order valence-corrected chi connectivity index (χ0v) is 10.0. The summed E-state index contributed by atoms with van der Waals surface area (Å²) in [4.78, 5) is 11.8. The maximum Gasteiger partial charge on any atom is 0.140 e. The van der Waals surface area contributed by atoms with E-state index in [0.717, 1.165) is 25.7 Å². The third kappa shape index (κ3) is 2.52. The number of carbonyl (C=O) groups is 1. The highest BCUT2D eigenvalue weighted by Crippen LogP contribution is 2.29. The van der Waals surface area contributed by atoms with Gasteiger partial charge in [0.1, 0.15) is 5.78 Å². The third-order valence-electron chi connectivity index (χ3n) is 3.48. The van der Waals surface area contributed by atoms with Crippen molar-refractivity contribution in [1.82, 2.24) is 0 Å². The Hall–Kier alpha value is -1.11. The molecule has 1 unspecified atom stereocenters. The Kier molecular flexibility index (Phi) is 3.76. The predicted octanol–water partition coefficient (Wildman–Crippen LogP) is 3.87. The lowest BCUT2D eigenvalue weighted by molar-refractivity contribution is -0.121. The van der Waals surface area contributed by atoms with Gasteiger partial charge < -0.3 is 0 Å². The van der Waals surface area contributed by atoms with Gasteiger partial charge in [0.25, 0.3) is 0 Å². The number of ketones is 1. The Bertz CT molecular complexity index is 350. The zero-order valence-electron chi connectivity index (χ0n) is 10.0. The molecule has 0 N–H and O–H groups in total. The first kappa shape index (κ1) is 11.4. The first-order valence-corrected chi connectivity index (χ1v) is 6.43. The number of rotatable bonds is 3. The lowest BCUT2D eigenvalue weighted by Gasteiger charge is -2.20. The highest BCUT2D eigenvalue weighted by Gasteiger charge is 2.23. The van der Waals surface area contributed by atoms with Crippen molar-refractivity contribution in [3.8, 4) is 0 Å². The number of Topliss-reactive ketones (excluding diaryl/α,β-unsaturated/α-hetero) is 1. The van der Waals surface area contributed by atoms with Gasteiger partial charge in [-0.2, -0.15) is 0 Å². The topological polar surface area (TPSA) is 17.1 Å². The van der Waals surface area contributed by atoms with Gasteiger partial charge in [0.05, 0.1) is 0 Å². The number of aryl methyl sites for hydroxylation is 1. The highest BCUT2D eigenvalue weighted by molar-refractivity contribution is 5.86. The predicted molar refractivity (Wildman–Crippen MR) is 66.7 cm³/mol. The second kappa shape index (κ2) is 5.29. The van der Waals surface area contributed by atoms with E-state index < -0.39 is 0 Å². The Morgan fingerprint density at radius 3 is 2.56 bits per heavy atom. The van der Waals surface area contributed by atoms with Crippen molar-refractivity contribution < 1.29 is 4.79 Å². The van der Waals surface area contributed by atoms with E-state index in [-0.39, 0.29) is 5.92 Å². The molecule has 1 fully saturated rings. The van der Waals surface area contributed by atoms with Gasteiger partial charge in [-0.15, -0.1) is 0 Å². The highest BCUT2D eigenvalue weighted by atomic mass is 16.1. The first-order chi connectivity index (χ1) is 7.81. The summed E-state index contributed by atoms with van der Waals surface area (Å²) in [7, 11) is 0. The molecular formula is C15H20O. The van der Waals surface area contributed by atoms with E-state index in [1.165, 1.54) is 24.0 Å². The third-order valence-corrected chi connectivity index (χ3v) is 3.48. The lowest BCUT2D eigenvalue weighted by Crippen LogP contribution is -2.16. The van der Waals surface area contributed by atoms with E-state index in [1.54, 1.807) is 0 Å². The summed E-state index contributed by atoms with van der Waals surface area (Å²) in [6.45, 7) is 2.19. The Balaban J connectivity index is 2.11. The molecule has 1 aromatic rings. The summed E-state index contributed by atoms with van der Waals surface area (Å²) in [5.41, 5.74) is 2.61. The van der Waals surface area contributed by atoms with Crippen LogP contribution in [0.2, 0.25) is 0 Å². The van der Waals surface area contributed by atoms with Gasteiger partial charge in [-0.1, -0.05) is 44.0 Å². The van der Waals surface area contributed by atoms with Crippen LogP contribution < -0.4 is 0 Å². The van der Waals surface area contributed by atoms with Crippen LogP contribution in [0.3, 0.4) is 0 Å². The molecule has 0 heterocycles. The summed E-state index contributed by atoms with van der Waals surface area (Å²) < 4.78 is 0. The second-order valence-corrected chi connectivity index (χ2v) is 4.76. The van der Waals surface area contributed by atoms with Gasteiger partial charge in [0, 0.05) is 12.3 Å². The summed E-state index contributed by atoms with van der Waals surface area (Å²) in [6, 6.07) is 8.67. The largest absolute Gasteiger partial charge is 0.299 e. The average molecular weight is 216 g/mol. The minimum Gasteiger partial charge on any atom is -0.299 e. The van der Waals surface area contributed by atoms with Gasteiger partial charge in [0.15, 0.2) is 0 Å². The molecular weight excluding hydrogens is 196 g/mol. The van der Waals surface area contributed by atoms with Crippen molar-refractivity contribution in [2.24, 2.45) is 0 Å². The molecule has 0 saturated heterocycles. The fraction of sp³-hybridized carbons (Fsp3) is 0.533. The first-order valence-electron chi connectivity index (χ1n) is 6.43. The molecule has 1 aliphatic rings. The maximum atomic E-state index is 11.8. The Morgan fingerprint density at radius 2 is 1.94 bits per heavy atom. The summed E-state index contributed by atoms with van der Waals surface area (Å²) in [6.07, 6.45) is 6.43. The fourth-order valence-electron chi connectivity index (χ4n) is 2.54. The molecule has 1 aromatic carbocycles. The second-order valence-electron chi connectivity index (χ2n) is 4.76. The van der Waals surface area contributed by atoms with E-state index in [4.69, 9.17) is 0 Å². The van der Waals surface area contributed by atoms with Gasteiger partial charge in [-0.05, 0) is 30.4 Å². The van der Waals surface area contributed by atoms with Crippen LogP contribution in [0.4, 0.5) is 0 Å². The quantitative estimate of drug-likeness (QED) is 0.749. The van der Waals surface area contributed by atoms with Gasteiger partial charge in [-0.25, -0.2) is 0 Å². The van der Waals surface area contributed by atoms with Crippen LogP contribution >= 0.6 is 0 Å². The van der Waals surface area contributed by atoms with Crippen LogP contribution in [-0.4, -0.2) is 5.78 Å². The van der Waals surface area contributed by atoms with Crippen LogP contribution in [0, 0.1) is 0 Å². The smallest absolute Gasteiger partial charge is 0.140 e. The monoisotopic (exact) mass is 216 g/mol. The molecule has 0 bridgehead atoms. The van der Waals surface area contributed by atoms with E-state index in [1.807, 2.05) is 0 Å². The summed E-state index contributed by atoms with van der Waals surface area (Å²) in [5.74, 6) is 0.624. The zero-order chi connectivity index (χ0) is 11.4. The molecule has 1 atom stereocenters. The molecule has 0 radical (unpaired) electrons. The van der Waals surface area contributed by atoms with Crippen LogP contribution in [-0.2, 0) is 11.2 Å². The van der Waals surface area contributed by atoms with Crippen molar-refractivity contribution in [1.29, 1.82) is 0 Å². The Labute approximate surface area is 97.9 Å². The van der Waals surface area contributed by atoms with E-state index in [0.29, 0.717) is 5.78 Å². The Morgan fingerprint density at radius 1 is 1.19 bits per heavy atom. The minimum atomic E-state index is 0.185. The number of hydrogen-bond donors (Lipinski definition) is 0. The van der Waals surface area contributed by atoms with E-state index in [9.17, 15) is 4.79 Å². The standard InChI is InChI=1S/C15H20O/c1-2-5-12-8-10-13(11-9-12)14-6-3-4-7-15(14)16/h8-11,14H,2-7H2,1H3.